The number of hydrogen-bond acceptors (Lipinski definition) is 2. The standard InChI is InChI=1S/C15H25N3/c1-11-8-15(18(2)17-11)9-12-4-3-5-13(12)10-16-14-6-7-14/h8,12-14,16H,3-7,9-10H2,1-2H3. The molecule has 0 amide bonds. The van der Waals surface area contributed by atoms with Crippen LogP contribution in [0.25, 0.3) is 0 Å². The van der Waals surface area contributed by atoms with Gasteiger partial charge in [-0.05, 0) is 63.5 Å². The molecule has 18 heavy (non-hydrogen) atoms. The van der Waals surface area contributed by atoms with Gasteiger partial charge in [0.2, 0.25) is 0 Å². The SMILES string of the molecule is Cc1cc(CC2CCCC2CNC2CC2)n(C)n1. The van der Waals surface area contributed by atoms with E-state index in [0.717, 1.165) is 23.6 Å². The molecule has 2 atom stereocenters. The minimum absolute atomic E-state index is 0.852. The predicted molar refractivity (Wildman–Crippen MR) is 73.5 cm³/mol. The molecule has 0 spiro atoms. The molecule has 1 aromatic rings. The molecule has 0 aromatic carbocycles. The first-order valence-corrected chi connectivity index (χ1v) is 7.45. The van der Waals surface area contributed by atoms with Crippen LogP contribution in [-0.4, -0.2) is 22.4 Å². The van der Waals surface area contributed by atoms with E-state index in [1.54, 1.807) is 0 Å². The molecule has 1 heterocycles. The third kappa shape index (κ3) is 2.77. The maximum atomic E-state index is 4.46. The van der Waals surface area contributed by atoms with Crippen LogP contribution < -0.4 is 5.32 Å². The van der Waals surface area contributed by atoms with Crippen LogP contribution in [0.5, 0.6) is 0 Å². The van der Waals surface area contributed by atoms with Gasteiger partial charge in [0.05, 0.1) is 5.69 Å². The number of aryl methyl sites for hydroxylation is 2. The fraction of sp³-hybridized carbons (Fsp3) is 0.800. The Labute approximate surface area is 110 Å². The molecule has 3 heteroatoms. The highest BCUT2D eigenvalue weighted by molar-refractivity contribution is 5.10. The highest BCUT2D eigenvalue weighted by Gasteiger charge is 2.30. The van der Waals surface area contributed by atoms with Crippen molar-refractivity contribution >= 4 is 0 Å². The average Bonchev–Trinajstić information content (AvgIpc) is 2.97. The molecule has 0 radical (unpaired) electrons. The van der Waals surface area contributed by atoms with E-state index in [-0.39, 0.29) is 0 Å². The number of nitrogens with zero attached hydrogens (tertiary/aromatic N) is 2. The van der Waals surface area contributed by atoms with Crippen LogP contribution in [0.2, 0.25) is 0 Å². The van der Waals surface area contributed by atoms with E-state index in [4.69, 9.17) is 0 Å². The first-order valence-electron chi connectivity index (χ1n) is 7.45. The summed E-state index contributed by atoms with van der Waals surface area (Å²) in [7, 11) is 2.08. The minimum Gasteiger partial charge on any atom is -0.314 e. The third-order valence-corrected chi connectivity index (χ3v) is 4.63. The number of hydrogen-bond donors (Lipinski definition) is 1. The molecule has 0 saturated heterocycles. The van der Waals surface area contributed by atoms with Gasteiger partial charge in [0, 0.05) is 18.8 Å². The van der Waals surface area contributed by atoms with E-state index in [1.807, 2.05) is 0 Å². The number of nitrogens with one attached hydrogen (secondary N) is 1. The first kappa shape index (κ1) is 12.2. The van der Waals surface area contributed by atoms with Gasteiger partial charge in [-0.15, -0.1) is 0 Å². The number of rotatable bonds is 5. The van der Waals surface area contributed by atoms with E-state index in [0.29, 0.717) is 0 Å². The van der Waals surface area contributed by atoms with E-state index >= 15 is 0 Å². The molecule has 1 N–H and O–H groups in total. The summed E-state index contributed by atoms with van der Waals surface area (Å²) in [5, 5.41) is 8.18. The minimum atomic E-state index is 0.852. The summed E-state index contributed by atoms with van der Waals surface area (Å²) >= 11 is 0. The Kier molecular flexibility index (Phi) is 3.42. The second-order valence-electron chi connectivity index (χ2n) is 6.24. The second-order valence-corrected chi connectivity index (χ2v) is 6.24. The van der Waals surface area contributed by atoms with Crippen molar-refractivity contribution in [1.29, 1.82) is 0 Å². The molecule has 1 aromatic heterocycles. The van der Waals surface area contributed by atoms with Gasteiger partial charge in [0.25, 0.3) is 0 Å². The molecule has 2 aliphatic carbocycles. The normalized spacial score (nSPS) is 27.9. The summed E-state index contributed by atoms with van der Waals surface area (Å²) in [5.41, 5.74) is 2.56. The van der Waals surface area contributed by atoms with Gasteiger partial charge in [-0.1, -0.05) is 6.42 Å². The van der Waals surface area contributed by atoms with Crippen molar-refractivity contribution < 1.29 is 0 Å². The van der Waals surface area contributed by atoms with Gasteiger partial charge in [0.1, 0.15) is 0 Å². The molecule has 3 rings (SSSR count). The summed E-state index contributed by atoms with van der Waals surface area (Å²) in [6.45, 7) is 3.33. The van der Waals surface area contributed by atoms with Crippen LogP contribution in [0.4, 0.5) is 0 Å². The van der Waals surface area contributed by atoms with Crippen molar-refractivity contribution in [3.8, 4) is 0 Å². The molecular weight excluding hydrogens is 222 g/mol. The van der Waals surface area contributed by atoms with Crippen molar-refractivity contribution in [2.45, 2.75) is 51.5 Å². The van der Waals surface area contributed by atoms with Crippen molar-refractivity contribution in [3.05, 3.63) is 17.5 Å². The Morgan fingerprint density at radius 2 is 2.06 bits per heavy atom. The maximum Gasteiger partial charge on any atom is 0.0596 e. The lowest BCUT2D eigenvalue weighted by Gasteiger charge is -2.20. The fourth-order valence-electron chi connectivity index (χ4n) is 3.38. The molecule has 3 nitrogen and oxygen atoms in total. The van der Waals surface area contributed by atoms with Gasteiger partial charge in [0.15, 0.2) is 0 Å². The van der Waals surface area contributed by atoms with Gasteiger partial charge in [-0.3, -0.25) is 4.68 Å². The highest BCUT2D eigenvalue weighted by atomic mass is 15.3. The van der Waals surface area contributed by atoms with E-state index in [1.165, 1.54) is 50.8 Å². The quantitative estimate of drug-likeness (QED) is 0.866. The monoisotopic (exact) mass is 247 g/mol. The van der Waals surface area contributed by atoms with Gasteiger partial charge in [-0.2, -0.15) is 5.10 Å². The summed E-state index contributed by atoms with van der Waals surface area (Å²) in [6, 6.07) is 3.11. The second kappa shape index (κ2) is 5.04. The largest absolute Gasteiger partial charge is 0.314 e. The molecule has 0 bridgehead atoms. The Hall–Kier alpha value is -0.830. The predicted octanol–water partition coefficient (Wildman–Crippen LogP) is 2.44. The summed E-state index contributed by atoms with van der Waals surface area (Å²) in [6.07, 6.45) is 8.26. The van der Waals surface area contributed by atoms with Crippen molar-refractivity contribution in [2.24, 2.45) is 18.9 Å². The first-order chi connectivity index (χ1) is 8.72. The van der Waals surface area contributed by atoms with Crippen molar-refractivity contribution in [2.75, 3.05) is 6.54 Å². The van der Waals surface area contributed by atoms with Crippen molar-refractivity contribution in [1.82, 2.24) is 15.1 Å². The number of aromatic nitrogens is 2. The van der Waals surface area contributed by atoms with Crippen LogP contribution >= 0.6 is 0 Å². The van der Waals surface area contributed by atoms with Crippen LogP contribution in [0.1, 0.15) is 43.5 Å². The molecule has 100 valence electrons. The lowest BCUT2D eigenvalue weighted by molar-refractivity contribution is 0.358. The smallest absolute Gasteiger partial charge is 0.0596 e. The molecular formula is C15H25N3. The highest BCUT2D eigenvalue weighted by Crippen LogP contribution is 2.34. The van der Waals surface area contributed by atoms with Crippen LogP contribution in [0.15, 0.2) is 6.07 Å². The lowest BCUT2D eigenvalue weighted by atomic mass is 9.91. The molecule has 2 saturated carbocycles. The Balaban J connectivity index is 1.58. The Bertz CT molecular complexity index is 406. The fourth-order valence-corrected chi connectivity index (χ4v) is 3.38. The maximum absolute atomic E-state index is 4.46. The molecule has 2 unspecified atom stereocenters. The zero-order valence-electron chi connectivity index (χ0n) is 11.7. The Morgan fingerprint density at radius 3 is 2.72 bits per heavy atom. The topological polar surface area (TPSA) is 29.9 Å². The van der Waals surface area contributed by atoms with Crippen LogP contribution in [0, 0.1) is 18.8 Å². The zero-order chi connectivity index (χ0) is 12.5. The van der Waals surface area contributed by atoms with Crippen LogP contribution in [0.3, 0.4) is 0 Å². The van der Waals surface area contributed by atoms with E-state index in [2.05, 4.69) is 35.1 Å². The zero-order valence-corrected chi connectivity index (χ0v) is 11.7. The van der Waals surface area contributed by atoms with Crippen molar-refractivity contribution in [3.63, 3.8) is 0 Å². The van der Waals surface area contributed by atoms with E-state index < -0.39 is 0 Å². The van der Waals surface area contributed by atoms with E-state index in [9.17, 15) is 0 Å². The summed E-state index contributed by atoms with van der Waals surface area (Å²) in [5.74, 6) is 1.76. The van der Waals surface area contributed by atoms with Crippen LogP contribution in [-0.2, 0) is 13.5 Å². The Morgan fingerprint density at radius 1 is 1.28 bits per heavy atom. The van der Waals surface area contributed by atoms with Gasteiger partial charge in [-0.25, -0.2) is 0 Å². The van der Waals surface area contributed by atoms with Gasteiger partial charge < -0.3 is 5.32 Å². The molecule has 0 aliphatic heterocycles. The lowest BCUT2D eigenvalue weighted by Crippen LogP contribution is -2.28. The summed E-state index contributed by atoms with van der Waals surface area (Å²) < 4.78 is 2.07. The molecule has 2 fully saturated rings. The molecule has 2 aliphatic rings. The average molecular weight is 247 g/mol. The van der Waals surface area contributed by atoms with Gasteiger partial charge >= 0.3 is 0 Å². The summed E-state index contributed by atoms with van der Waals surface area (Å²) in [4.78, 5) is 0. The third-order valence-electron chi connectivity index (χ3n) is 4.63.